The summed E-state index contributed by atoms with van der Waals surface area (Å²) in [4.78, 5) is 11.9. The average Bonchev–Trinajstić information content (AvgIpc) is 2.39. The van der Waals surface area contributed by atoms with Crippen LogP contribution in [0.5, 0.6) is 5.75 Å². The molecular formula is C13H15ClF3NO2. The van der Waals surface area contributed by atoms with Crippen LogP contribution in [-0.4, -0.2) is 22.9 Å². The Kier molecular flexibility index (Phi) is 5.68. The summed E-state index contributed by atoms with van der Waals surface area (Å²) >= 11 is 5.60. The Bertz CT molecular complexity index is 509. The summed E-state index contributed by atoms with van der Waals surface area (Å²) < 4.78 is 39.6. The number of nitrogens with one attached hydrogen (secondary N) is 1. The van der Waals surface area contributed by atoms with Crippen molar-refractivity contribution in [3.63, 3.8) is 0 Å². The van der Waals surface area contributed by atoms with Crippen LogP contribution >= 0.6 is 11.6 Å². The number of aromatic hydroxyl groups is 1. The molecule has 0 aliphatic heterocycles. The summed E-state index contributed by atoms with van der Waals surface area (Å²) in [6.45, 7) is 3.66. The van der Waals surface area contributed by atoms with Gasteiger partial charge in [0.2, 0.25) is 5.82 Å². The molecule has 1 aromatic rings. The fraction of sp³-hybridized carbons (Fsp3) is 0.462. The van der Waals surface area contributed by atoms with Crippen molar-refractivity contribution in [3.8, 4) is 5.75 Å². The van der Waals surface area contributed by atoms with Crippen molar-refractivity contribution < 1.29 is 23.1 Å². The zero-order chi connectivity index (χ0) is 15.4. The summed E-state index contributed by atoms with van der Waals surface area (Å²) in [5, 5.41) is 11.6. The molecule has 0 spiro atoms. The molecule has 7 heteroatoms. The van der Waals surface area contributed by atoms with E-state index in [1.165, 1.54) is 0 Å². The molecule has 112 valence electrons. The standard InChI is InChI=1S/C13H15ClF3NO2/c1-6(2)9(3-4-14)18-13(20)7-5-8(15)11(17)12(19)10(7)16/h5-6,9,19H,3-4H2,1-2H3,(H,18,20). The van der Waals surface area contributed by atoms with Gasteiger partial charge < -0.3 is 10.4 Å². The first-order valence-corrected chi connectivity index (χ1v) is 6.56. The summed E-state index contributed by atoms with van der Waals surface area (Å²) in [5.74, 6) is -6.83. The quantitative estimate of drug-likeness (QED) is 0.648. The number of halogens is 4. The molecule has 0 aromatic heterocycles. The van der Waals surface area contributed by atoms with Gasteiger partial charge >= 0.3 is 0 Å². The highest BCUT2D eigenvalue weighted by atomic mass is 35.5. The lowest BCUT2D eigenvalue weighted by molar-refractivity contribution is 0.0919. The Morgan fingerprint density at radius 2 is 1.95 bits per heavy atom. The summed E-state index contributed by atoms with van der Waals surface area (Å²) in [6.07, 6.45) is 0.447. The first kappa shape index (κ1) is 16.6. The number of hydrogen-bond donors (Lipinski definition) is 2. The van der Waals surface area contributed by atoms with E-state index in [2.05, 4.69) is 5.32 Å². The Morgan fingerprint density at radius 3 is 2.45 bits per heavy atom. The van der Waals surface area contributed by atoms with E-state index in [1.807, 2.05) is 13.8 Å². The van der Waals surface area contributed by atoms with Gasteiger partial charge in [0, 0.05) is 11.9 Å². The van der Waals surface area contributed by atoms with Crippen molar-refractivity contribution in [1.82, 2.24) is 5.32 Å². The molecule has 0 fully saturated rings. The highest BCUT2D eigenvalue weighted by Crippen LogP contribution is 2.26. The van der Waals surface area contributed by atoms with Gasteiger partial charge in [0.05, 0.1) is 5.56 Å². The van der Waals surface area contributed by atoms with E-state index in [4.69, 9.17) is 16.7 Å². The van der Waals surface area contributed by atoms with Crippen LogP contribution in [0.1, 0.15) is 30.6 Å². The van der Waals surface area contributed by atoms with Crippen LogP contribution in [0.15, 0.2) is 6.07 Å². The largest absolute Gasteiger partial charge is 0.503 e. The fourth-order valence-corrected chi connectivity index (χ4v) is 1.93. The number of rotatable bonds is 5. The van der Waals surface area contributed by atoms with Gasteiger partial charge in [-0.25, -0.2) is 8.78 Å². The Hall–Kier alpha value is -1.43. The second-order valence-corrected chi connectivity index (χ2v) is 5.06. The maximum Gasteiger partial charge on any atom is 0.254 e. The van der Waals surface area contributed by atoms with Crippen LogP contribution in [-0.2, 0) is 0 Å². The van der Waals surface area contributed by atoms with Crippen molar-refractivity contribution in [2.45, 2.75) is 26.3 Å². The molecule has 0 bridgehead atoms. The molecule has 1 atom stereocenters. The minimum Gasteiger partial charge on any atom is -0.503 e. The molecule has 0 aliphatic rings. The van der Waals surface area contributed by atoms with Gasteiger partial charge in [0.1, 0.15) is 0 Å². The van der Waals surface area contributed by atoms with Crippen LogP contribution in [0.25, 0.3) is 0 Å². The third-order valence-corrected chi connectivity index (χ3v) is 3.14. The van der Waals surface area contributed by atoms with Crippen LogP contribution in [0, 0.1) is 23.4 Å². The number of phenols is 1. The van der Waals surface area contributed by atoms with Gasteiger partial charge in [0.15, 0.2) is 17.4 Å². The van der Waals surface area contributed by atoms with E-state index in [0.29, 0.717) is 12.5 Å². The third-order valence-electron chi connectivity index (χ3n) is 2.92. The molecule has 1 amide bonds. The number of phenolic OH excluding ortho intramolecular Hbond substituents is 1. The van der Waals surface area contributed by atoms with Crippen LogP contribution in [0.3, 0.4) is 0 Å². The zero-order valence-electron chi connectivity index (χ0n) is 11.0. The normalized spacial score (nSPS) is 12.6. The average molecular weight is 310 g/mol. The van der Waals surface area contributed by atoms with Gasteiger partial charge in [-0.1, -0.05) is 13.8 Å². The number of alkyl halides is 1. The van der Waals surface area contributed by atoms with Gasteiger partial charge in [-0.2, -0.15) is 4.39 Å². The van der Waals surface area contributed by atoms with Crippen molar-refractivity contribution in [1.29, 1.82) is 0 Å². The summed E-state index contributed by atoms with van der Waals surface area (Å²) in [6, 6.07) is 0.0762. The second kappa shape index (κ2) is 6.83. The highest BCUT2D eigenvalue weighted by molar-refractivity contribution is 6.17. The molecule has 20 heavy (non-hydrogen) atoms. The fourth-order valence-electron chi connectivity index (χ4n) is 1.69. The zero-order valence-corrected chi connectivity index (χ0v) is 11.8. The lowest BCUT2D eigenvalue weighted by Crippen LogP contribution is -2.39. The topological polar surface area (TPSA) is 49.3 Å². The second-order valence-electron chi connectivity index (χ2n) is 4.68. The Morgan fingerprint density at radius 1 is 1.35 bits per heavy atom. The van der Waals surface area contributed by atoms with E-state index < -0.39 is 34.7 Å². The van der Waals surface area contributed by atoms with Crippen molar-refractivity contribution >= 4 is 17.5 Å². The van der Waals surface area contributed by atoms with E-state index in [0.717, 1.165) is 0 Å². The molecule has 1 rings (SSSR count). The predicted octanol–water partition coefficient (Wildman–Crippen LogP) is 3.19. The lowest BCUT2D eigenvalue weighted by atomic mass is 10.0. The molecule has 2 N–H and O–H groups in total. The molecule has 0 saturated heterocycles. The van der Waals surface area contributed by atoms with Gasteiger partial charge in [-0.15, -0.1) is 11.6 Å². The molecular weight excluding hydrogens is 295 g/mol. The number of hydrogen-bond acceptors (Lipinski definition) is 2. The van der Waals surface area contributed by atoms with Crippen LogP contribution < -0.4 is 5.32 Å². The Labute approximate surface area is 119 Å². The van der Waals surface area contributed by atoms with E-state index in [-0.39, 0.29) is 17.8 Å². The summed E-state index contributed by atoms with van der Waals surface area (Å²) in [7, 11) is 0. The molecule has 1 aromatic carbocycles. The SMILES string of the molecule is CC(C)C(CCCl)NC(=O)c1cc(F)c(F)c(O)c1F. The smallest absolute Gasteiger partial charge is 0.254 e. The van der Waals surface area contributed by atoms with E-state index >= 15 is 0 Å². The molecule has 0 aliphatic carbocycles. The minimum absolute atomic E-state index is 0.0275. The van der Waals surface area contributed by atoms with Gasteiger partial charge in [0.25, 0.3) is 5.91 Å². The predicted molar refractivity (Wildman–Crippen MR) is 69.4 cm³/mol. The molecule has 3 nitrogen and oxygen atoms in total. The lowest BCUT2D eigenvalue weighted by Gasteiger charge is -2.21. The number of carbonyl (C=O) groups is 1. The van der Waals surface area contributed by atoms with Gasteiger partial charge in [-0.3, -0.25) is 4.79 Å². The Balaban J connectivity index is 3.04. The molecule has 0 heterocycles. The summed E-state index contributed by atoms with van der Waals surface area (Å²) in [5.41, 5.74) is -0.748. The molecule has 0 radical (unpaired) electrons. The van der Waals surface area contributed by atoms with Gasteiger partial charge in [-0.05, 0) is 18.4 Å². The molecule has 0 saturated carbocycles. The molecule has 1 unspecified atom stereocenters. The number of carbonyl (C=O) groups excluding carboxylic acids is 1. The third kappa shape index (κ3) is 3.56. The highest BCUT2D eigenvalue weighted by Gasteiger charge is 2.24. The monoisotopic (exact) mass is 309 g/mol. The van der Waals surface area contributed by atoms with E-state index in [1.54, 1.807) is 0 Å². The van der Waals surface area contributed by atoms with E-state index in [9.17, 15) is 18.0 Å². The minimum atomic E-state index is -1.72. The number of benzene rings is 1. The maximum atomic E-state index is 13.6. The first-order chi connectivity index (χ1) is 9.29. The van der Waals surface area contributed by atoms with Crippen molar-refractivity contribution in [2.24, 2.45) is 5.92 Å². The van der Waals surface area contributed by atoms with Crippen molar-refractivity contribution in [3.05, 3.63) is 29.1 Å². The first-order valence-electron chi connectivity index (χ1n) is 6.02. The van der Waals surface area contributed by atoms with Crippen LogP contribution in [0.2, 0.25) is 0 Å². The van der Waals surface area contributed by atoms with Crippen LogP contribution in [0.4, 0.5) is 13.2 Å². The van der Waals surface area contributed by atoms with Crippen molar-refractivity contribution in [2.75, 3.05) is 5.88 Å². The number of amides is 1. The maximum absolute atomic E-state index is 13.6.